The van der Waals surface area contributed by atoms with Crippen LogP contribution in [0, 0.1) is 4.77 Å². The highest BCUT2D eigenvalue weighted by atomic mass is 32.1. The number of nitrogens with one attached hydrogen (secondary N) is 1. The van der Waals surface area contributed by atoms with Gasteiger partial charge in [-0.25, -0.2) is 0 Å². The molecule has 0 radical (unpaired) electrons. The van der Waals surface area contributed by atoms with Crippen LogP contribution in [0.2, 0.25) is 0 Å². The van der Waals surface area contributed by atoms with Crippen LogP contribution in [-0.4, -0.2) is 14.8 Å². The Balaban J connectivity index is 2.53. The van der Waals surface area contributed by atoms with Crippen molar-refractivity contribution < 1.29 is 0 Å². The summed E-state index contributed by atoms with van der Waals surface area (Å²) in [5.41, 5.74) is 0. The first-order chi connectivity index (χ1) is 6.83. The van der Waals surface area contributed by atoms with E-state index in [0.717, 1.165) is 10.7 Å². The van der Waals surface area contributed by atoms with Crippen molar-refractivity contribution in [3.05, 3.63) is 34.9 Å². The second-order valence-electron chi connectivity index (χ2n) is 2.73. The number of thiophene rings is 1. The van der Waals surface area contributed by atoms with Gasteiger partial charge in [-0.1, -0.05) is 12.1 Å². The van der Waals surface area contributed by atoms with Crippen LogP contribution in [0.3, 0.4) is 0 Å². The van der Waals surface area contributed by atoms with Gasteiger partial charge in [-0.2, -0.15) is 5.10 Å². The van der Waals surface area contributed by atoms with E-state index in [2.05, 4.69) is 16.8 Å². The molecule has 2 heterocycles. The number of aromatic amines is 1. The maximum absolute atomic E-state index is 5.11. The standard InChI is InChI=1S/C9H9N3S2/c1-2-5-12-8(10-11-9(12)13)7-4-3-6-14-7/h2-4,6H,1,5H2,(H,11,13). The summed E-state index contributed by atoms with van der Waals surface area (Å²) in [5, 5.41) is 8.99. The fourth-order valence-electron chi connectivity index (χ4n) is 1.21. The first kappa shape index (κ1) is 9.36. The maximum atomic E-state index is 5.11. The largest absolute Gasteiger partial charge is 0.296 e. The normalized spacial score (nSPS) is 10.3. The van der Waals surface area contributed by atoms with E-state index in [-0.39, 0.29) is 0 Å². The number of allylic oxidation sites excluding steroid dienone is 1. The van der Waals surface area contributed by atoms with Crippen LogP contribution in [0.25, 0.3) is 10.7 Å². The molecule has 0 aliphatic rings. The number of hydrogen-bond donors (Lipinski definition) is 1. The van der Waals surface area contributed by atoms with Gasteiger partial charge in [0.1, 0.15) is 0 Å². The Hall–Kier alpha value is -1.20. The highest BCUT2D eigenvalue weighted by Gasteiger charge is 2.07. The molecule has 72 valence electrons. The third-order valence-electron chi connectivity index (χ3n) is 1.81. The Morgan fingerprint density at radius 1 is 1.71 bits per heavy atom. The van der Waals surface area contributed by atoms with Crippen LogP contribution in [0.5, 0.6) is 0 Å². The van der Waals surface area contributed by atoms with Crippen LogP contribution >= 0.6 is 23.6 Å². The molecular weight excluding hydrogens is 214 g/mol. The lowest BCUT2D eigenvalue weighted by Gasteiger charge is -1.99. The van der Waals surface area contributed by atoms with Crippen LogP contribution in [0.4, 0.5) is 0 Å². The van der Waals surface area contributed by atoms with Gasteiger partial charge < -0.3 is 0 Å². The van der Waals surface area contributed by atoms with Gasteiger partial charge in [-0.15, -0.1) is 17.9 Å². The zero-order valence-electron chi connectivity index (χ0n) is 7.43. The van der Waals surface area contributed by atoms with Gasteiger partial charge in [0.05, 0.1) is 4.88 Å². The minimum Gasteiger partial charge on any atom is -0.296 e. The highest BCUT2D eigenvalue weighted by Crippen LogP contribution is 2.22. The molecule has 0 amide bonds. The Morgan fingerprint density at radius 2 is 2.57 bits per heavy atom. The fourth-order valence-corrected chi connectivity index (χ4v) is 2.14. The van der Waals surface area contributed by atoms with Crippen LogP contribution in [0.1, 0.15) is 0 Å². The fraction of sp³-hybridized carbons (Fsp3) is 0.111. The third kappa shape index (κ3) is 1.56. The van der Waals surface area contributed by atoms with Crippen molar-refractivity contribution in [2.75, 3.05) is 0 Å². The summed E-state index contributed by atoms with van der Waals surface area (Å²) in [4.78, 5) is 1.11. The van der Waals surface area contributed by atoms with Crippen molar-refractivity contribution in [3.8, 4) is 10.7 Å². The molecule has 2 aromatic heterocycles. The Labute approximate surface area is 90.7 Å². The summed E-state index contributed by atoms with van der Waals surface area (Å²) in [6.45, 7) is 4.38. The molecule has 5 heteroatoms. The molecular formula is C9H9N3S2. The average molecular weight is 223 g/mol. The molecule has 0 unspecified atom stereocenters. The molecule has 0 aliphatic carbocycles. The number of hydrogen-bond acceptors (Lipinski definition) is 3. The van der Waals surface area contributed by atoms with E-state index < -0.39 is 0 Å². The van der Waals surface area contributed by atoms with Crippen molar-refractivity contribution in [2.24, 2.45) is 0 Å². The van der Waals surface area contributed by atoms with Gasteiger partial charge in [0.15, 0.2) is 10.6 Å². The summed E-state index contributed by atoms with van der Waals surface area (Å²) in [6, 6.07) is 4.02. The highest BCUT2D eigenvalue weighted by molar-refractivity contribution is 7.71. The third-order valence-corrected chi connectivity index (χ3v) is 2.99. The monoisotopic (exact) mass is 223 g/mol. The van der Waals surface area contributed by atoms with Crippen molar-refractivity contribution in [1.82, 2.24) is 14.8 Å². The predicted octanol–water partition coefficient (Wildman–Crippen LogP) is 2.86. The molecule has 0 saturated heterocycles. The van der Waals surface area contributed by atoms with Crippen molar-refractivity contribution in [3.63, 3.8) is 0 Å². The molecule has 0 fully saturated rings. The quantitative estimate of drug-likeness (QED) is 0.641. The smallest absolute Gasteiger partial charge is 0.195 e. The Morgan fingerprint density at radius 3 is 3.21 bits per heavy atom. The van der Waals surface area contributed by atoms with Gasteiger partial charge >= 0.3 is 0 Å². The van der Waals surface area contributed by atoms with Crippen molar-refractivity contribution in [2.45, 2.75) is 6.54 Å². The van der Waals surface area contributed by atoms with E-state index in [1.54, 1.807) is 11.3 Å². The zero-order chi connectivity index (χ0) is 9.97. The topological polar surface area (TPSA) is 33.6 Å². The van der Waals surface area contributed by atoms with E-state index >= 15 is 0 Å². The van der Waals surface area contributed by atoms with E-state index in [4.69, 9.17) is 12.2 Å². The predicted molar refractivity (Wildman–Crippen MR) is 60.9 cm³/mol. The summed E-state index contributed by atoms with van der Waals surface area (Å²) >= 11 is 6.76. The lowest BCUT2D eigenvalue weighted by molar-refractivity contribution is 0.815. The van der Waals surface area contributed by atoms with Crippen LogP contribution < -0.4 is 0 Å². The number of H-pyrrole nitrogens is 1. The molecule has 0 aromatic carbocycles. The van der Waals surface area contributed by atoms with E-state index in [1.807, 2.05) is 28.2 Å². The first-order valence-electron chi connectivity index (χ1n) is 4.13. The molecule has 0 bridgehead atoms. The molecule has 2 aromatic rings. The number of aromatic nitrogens is 3. The molecule has 14 heavy (non-hydrogen) atoms. The molecule has 0 aliphatic heterocycles. The zero-order valence-corrected chi connectivity index (χ0v) is 9.07. The summed E-state index contributed by atoms with van der Waals surface area (Å²) in [7, 11) is 0. The van der Waals surface area contributed by atoms with Gasteiger partial charge in [0.2, 0.25) is 0 Å². The minimum atomic E-state index is 0.633. The summed E-state index contributed by atoms with van der Waals surface area (Å²) in [6.07, 6.45) is 1.81. The molecule has 0 saturated carbocycles. The van der Waals surface area contributed by atoms with Crippen LogP contribution in [0.15, 0.2) is 30.2 Å². The van der Waals surface area contributed by atoms with E-state index in [9.17, 15) is 0 Å². The van der Waals surface area contributed by atoms with Crippen LogP contribution in [-0.2, 0) is 6.54 Å². The second kappa shape index (κ2) is 3.89. The van der Waals surface area contributed by atoms with Gasteiger partial charge in [-0.05, 0) is 23.7 Å². The van der Waals surface area contributed by atoms with Gasteiger partial charge in [0.25, 0.3) is 0 Å². The minimum absolute atomic E-state index is 0.633. The van der Waals surface area contributed by atoms with E-state index in [1.165, 1.54) is 0 Å². The Kier molecular flexibility index (Phi) is 2.60. The SMILES string of the molecule is C=CCn1c(-c2cccs2)n[nH]c1=S. The molecule has 3 nitrogen and oxygen atoms in total. The van der Waals surface area contributed by atoms with Gasteiger partial charge in [-0.3, -0.25) is 9.67 Å². The Bertz CT molecular complexity index is 478. The molecule has 2 rings (SSSR count). The average Bonchev–Trinajstić information content (AvgIpc) is 2.77. The first-order valence-corrected chi connectivity index (χ1v) is 5.41. The number of nitrogens with zero attached hydrogens (tertiary/aromatic N) is 2. The summed E-state index contributed by atoms with van der Waals surface area (Å²) < 4.78 is 2.56. The summed E-state index contributed by atoms with van der Waals surface area (Å²) in [5.74, 6) is 0.880. The lowest BCUT2D eigenvalue weighted by atomic mass is 10.4. The lowest BCUT2D eigenvalue weighted by Crippen LogP contribution is -1.97. The van der Waals surface area contributed by atoms with Gasteiger partial charge in [0, 0.05) is 6.54 Å². The van der Waals surface area contributed by atoms with Crippen molar-refractivity contribution in [1.29, 1.82) is 0 Å². The van der Waals surface area contributed by atoms with E-state index in [0.29, 0.717) is 11.3 Å². The number of rotatable bonds is 3. The molecule has 1 N–H and O–H groups in total. The van der Waals surface area contributed by atoms with Crippen molar-refractivity contribution >= 4 is 23.6 Å². The maximum Gasteiger partial charge on any atom is 0.195 e. The molecule has 0 atom stereocenters. The molecule has 0 spiro atoms. The second-order valence-corrected chi connectivity index (χ2v) is 4.06.